The average molecular weight is 184 g/mol. The molecule has 0 aromatic heterocycles. The van der Waals surface area contributed by atoms with Crippen LogP contribution in [0.5, 0.6) is 0 Å². The molecule has 0 aromatic rings. The second-order valence-corrected chi connectivity index (χ2v) is 5.00. The summed E-state index contributed by atoms with van der Waals surface area (Å²) in [5, 5.41) is 19.3. The van der Waals surface area contributed by atoms with Crippen LogP contribution in [0.25, 0.3) is 0 Å². The van der Waals surface area contributed by atoms with Gasteiger partial charge in [-0.15, -0.1) is 0 Å². The van der Waals surface area contributed by atoms with Crippen molar-refractivity contribution in [2.45, 2.75) is 38.7 Å². The van der Waals surface area contributed by atoms with Crippen LogP contribution < -0.4 is 0 Å². The fraction of sp³-hybridized carbons (Fsp3) is 0.900. The lowest BCUT2D eigenvalue weighted by atomic mass is 9.65. The average Bonchev–Trinajstić information content (AvgIpc) is 2.54. The summed E-state index contributed by atoms with van der Waals surface area (Å²) in [6, 6.07) is 0. The number of rotatable bonds is 1. The van der Waals surface area contributed by atoms with Crippen molar-refractivity contribution in [2.24, 2.45) is 17.3 Å². The molecule has 2 aliphatic carbocycles. The first-order chi connectivity index (χ1) is 5.90. The third-order valence-corrected chi connectivity index (χ3v) is 4.35. The number of hydrogen-bond acceptors (Lipinski definition) is 2. The zero-order chi connectivity index (χ0) is 9.85. The standard InChI is InChI=1S/C10H16O3/c1-9(2)6-3-4-7(5-6)10(9,13)8(11)12/h6-7,13H,3-5H2,1-2H3,(H,11,12). The topological polar surface area (TPSA) is 57.5 Å². The van der Waals surface area contributed by atoms with Gasteiger partial charge in [0, 0.05) is 5.41 Å². The van der Waals surface area contributed by atoms with Gasteiger partial charge < -0.3 is 10.2 Å². The second-order valence-electron chi connectivity index (χ2n) is 5.00. The van der Waals surface area contributed by atoms with E-state index in [1.54, 1.807) is 0 Å². The largest absolute Gasteiger partial charge is 0.479 e. The van der Waals surface area contributed by atoms with Gasteiger partial charge in [-0.3, -0.25) is 0 Å². The molecule has 2 N–H and O–H groups in total. The van der Waals surface area contributed by atoms with E-state index in [1.807, 2.05) is 13.8 Å². The summed E-state index contributed by atoms with van der Waals surface area (Å²) in [5.41, 5.74) is -1.93. The van der Waals surface area contributed by atoms with E-state index < -0.39 is 17.0 Å². The first-order valence-electron chi connectivity index (χ1n) is 4.86. The summed E-state index contributed by atoms with van der Waals surface area (Å²) in [4.78, 5) is 11.1. The number of hydrogen-bond donors (Lipinski definition) is 2. The molecule has 2 aliphatic rings. The zero-order valence-corrected chi connectivity index (χ0v) is 8.08. The van der Waals surface area contributed by atoms with E-state index in [9.17, 15) is 9.90 Å². The Balaban J connectivity index is 2.43. The highest BCUT2D eigenvalue weighted by atomic mass is 16.4. The Hall–Kier alpha value is -0.570. The molecule has 0 radical (unpaired) electrons. The van der Waals surface area contributed by atoms with E-state index in [4.69, 9.17) is 5.11 Å². The summed E-state index contributed by atoms with van der Waals surface area (Å²) >= 11 is 0. The Kier molecular flexibility index (Phi) is 1.57. The van der Waals surface area contributed by atoms with Gasteiger partial charge in [-0.2, -0.15) is 0 Å². The Labute approximate surface area is 77.8 Å². The SMILES string of the molecule is CC1(C)C2CCC(C2)C1(O)C(=O)O. The van der Waals surface area contributed by atoms with Crippen LogP contribution in [0.1, 0.15) is 33.1 Å². The smallest absolute Gasteiger partial charge is 0.336 e. The van der Waals surface area contributed by atoms with E-state index in [0.29, 0.717) is 5.92 Å². The molecule has 0 saturated heterocycles. The van der Waals surface area contributed by atoms with Crippen LogP contribution in [0, 0.1) is 17.3 Å². The molecule has 2 bridgehead atoms. The molecule has 3 unspecified atom stereocenters. The lowest BCUT2D eigenvalue weighted by Gasteiger charge is -2.42. The van der Waals surface area contributed by atoms with E-state index in [1.165, 1.54) is 0 Å². The molecule has 2 fully saturated rings. The first-order valence-corrected chi connectivity index (χ1v) is 4.86. The van der Waals surface area contributed by atoms with Crippen LogP contribution in [-0.4, -0.2) is 21.8 Å². The maximum absolute atomic E-state index is 11.1. The second kappa shape index (κ2) is 2.27. The van der Waals surface area contributed by atoms with Gasteiger partial charge in [0.05, 0.1) is 0 Å². The van der Waals surface area contributed by atoms with Crippen molar-refractivity contribution in [3.63, 3.8) is 0 Å². The van der Waals surface area contributed by atoms with Gasteiger partial charge in [-0.1, -0.05) is 13.8 Å². The van der Waals surface area contributed by atoms with E-state index in [2.05, 4.69) is 0 Å². The molecule has 2 saturated carbocycles. The number of carboxylic acids is 1. The quantitative estimate of drug-likeness (QED) is 0.645. The lowest BCUT2D eigenvalue weighted by Crippen LogP contribution is -2.55. The number of aliphatic carboxylic acids is 1. The molecule has 0 aliphatic heterocycles. The van der Waals surface area contributed by atoms with Crippen LogP contribution in [-0.2, 0) is 4.79 Å². The maximum Gasteiger partial charge on any atom is 0.336 e. The highest BCUT2D eigenvalue weighted by Gasteiger charge is 2.66. The van der Waals surface area contributed by atoms with Crippen molar-refractivity contribution in [3.8, 4) is 0 Å². The number of carboxylic acid groups (broad SMARTS) is 1. The summed E-state index contributed by atoms with van der Waals surface area (Å²) in [6.07, 6.45) is 2.83. The van der Waals surface area contributed by atoms with Crippen molar-refractivity contribution in [2.75, 3.05) is 0 Å². The monoisotopic (exact) mass is 184 g/mol. The Morgan fingerprint density at radius 2 is 1.85 bits per heavy atom. The third kappa shape index (κ3) is 0.810. The summed E-state index contributed by atoms with van der Waals surface area (Å²) in [6.45, 7) is 3.76. The van der Waals surface area contributed by atoms with Gasteiger partial charge in [0.15, 0.2) is 5.60 Å². The van der Waals surface area contributed by atoms with Crippen molar-refractivity contribution in [1.29, 1.82) is 0 Å². The maximum atomic E-state index is 11.1. The minimum Gasteiger partial charge on any atom is -0.479 e. The zero-order valence-electron chi connectivity index (χ0n) is 8.08. The summed E-state index contributed by atoms with van der Waals surface area (Å²) in [5.74, 6) is -0.673. The third-order valence-electron chi connectivity index (χ3n) is 4.35. The number of fused-ring (bicyclic) bond motifs is 2. The minimum atomic E-state index is -1.48. The van der Waals surface area contributed by atoms with Gasteiger partial charge in [-0.25, -0.2) is 4.79 Å². The van der Waals surface area contributed by atoms with Gasteiger partial charge in [0.25, 0.3) is 0 Å². The van der Waals surface area contributed by atoms with Gasteiger partial charge in [-0.05, 0) is 31.1 Å². The van der Waals surface area contributed by atoms with E-state index in [-0.39, 0.29) is 5.92 Å². The molecular weight excluding hydrogens is 168 g/mol. The molecular formula is C10H16O3. The van der Waals surface area contributed by atoms with Crippen LogP contribution in [0.15, 0.2) is 0 Å². The Morgan fingerprint density at radius 3 is 2.15 bits per heavy atom. The fourth-order valence-corrected chi connectivity index (χ4v) is 3.30. The Bertz CT molecular complexity index is 259. The molecule has 3 atom stereocenters. The van der Waals surface area contributed by atoms with Crippen LogP contribution in [0.4, 0.5) is 0 Å². The van der Waals surface area contributed by atoms with Crippen LogP contribution in [0.2, 0.25) is 0 Å². The van der Waals surface area contributed by atoms with Crippen molar-refractivity contribution >= 4 is 5.97 Å². The summed E-state index contributed by atoms with van der Waals surface area (Å²) < 4.78 is 0. The van der Waals surface area contributed by atoms with E-state index in [0.717, 1.165) is 19.3 Å². The van der Waals surface area contributed by atoms with Crippen molar-refractivity contribution in [3.05, 3.63) is 0 Å². The fourth-order valence-electron chi connectivity index (χ4n) is 3.30. The van der Waals surface area contributed by atoms with Crippen LogP contribution in [0.3, 0.4) is 0 Å². The molecule has 0 aromatic carbocycles. The molecule has 13 heavy (non-hydrogen) atoms. The predicted molar refractivity (Wildman–Crippen MR) is 47.2 cm³/mol. The van der Waals surface area contributed by atoms with Crippen LogP contribution >= 0.6 is 0 Å². The highest BCUT2D eigenvalue weighted by molar-refractivity contribution is 5.79. The van der Waals surface area contributed by atoms with Gasteiger partial charge in [0.1, 0.15) is 0 Å². The lowest BCUT2D eigenvalue weighted by molar-refractivity contribution is -0.181. The summed E-state index contributed by atoms with van der Waals surface area (Å²) in [7, 11) is 0. The minimum absolute atomic E-state index is 0.0231. The number of carbonyl (C=O) groups is 1. The normalized spacial score (nSPS) is 46.7. The van der Waals surface area contributed by atoms with Gasteiger partial charge in [0.2, 0.25) is 0 Å². The Morgan fingerprint density at radius 1 is 1.31 bits per heavy atom. The number of aliphatic hydroxyl groups is 1. The highest BCUT2D eigenvalue weighted by Crippen LogP contribution is 2.61. The molecule has 74 valence electrons. The molecule has 0 spiro atoms. The molecule has 0 amide bonds. The van der Waals surface area contributed by atoms with E-state index >= 15 is 0 Å². The van der Waals surface area contributed by atoms with Crippen molar-refractivity contribution < 1.29 is 15.0 Å². The first kappa shape index (κ1) is 9.00. The predicted octanol–water partition coefficient (Wildman–Crippen LogP) is 1.26. The molecule has 2 rings (SSSR count). The molecule has 3 heteroatoms. The molecule has 0 heterocycles. The van der Waals surface area contributed by atoms with Crippen molar-refractivity contribution in [1.82, 2.24) is 0 Å². The van der Waals surface area contributed by atoms with Gasteiger partial charge >= 0.3 is 5.97 Å². The molecule has 3 nitrogen and oxygen atoms in total.